The molecule has 2 N–H and O–H groups in total. The molecule has 2 aliphatic rings. The summed E-state index contributed by atoms with van der Waals surface area (Å²) in [6.45, 7) is 0. The number of carbonyl (C=O) groups is 1. The lowest BCUT2D eigenvalue weighted by atomic mass is 10.1. The van der Waals surface area contributed by atoms with Crippen LogP contribution in [-0.4, -0.2) is 22.2 Å². The van der Waals surface area contributed by atoms with Crippen LogP contribution in [0.2, 0.25) is 0 Å². The number of ether oxygens (including phenoxy) is 1. The number of phenolic OH excluding ortho intramolecular Hbond substituents is 1. The molecule has 0 spiro atoms. The summed E-state index contributed by atoms with van der Waals surface area (Å²) in [7, 11) is 0. The third-order valence-corrected chi connectivity index (χ3v) is 5.36. The molecular weight excluding hydrogens is 431 g/mol. The van der Waals surface area contributed by atoms with Crippen LogP contribution in [0.1, 0.15) is 29.5 Å². The van der Waals surface area contributed by atoms with Gasteiger partial charge in [0.1, 0.15) is 5.75 Å². The Balaban J connectivity index is 1.54. The molecule has 1 aliphatic heterocycles. The lowest BCUT2D eigenvalue weighted by molar-refractivity contribution is -0.138. The minimum absolute atomic E-state index is 0.164. The zero-order chi connectivity index (χ0) is 22.2. The molecule has 2 aromatic rings. The van der Waals surface area contributed by atoms with Crippen LogP contribution in [0.5, 0.6) is 17.2 Å². The van der Waals surface area contributed by atoms with Gasteiger partial charge in [0.25, 0.3) is 5.91 Å². The van der Waals surface area contributed by atoms with Gasteiger partial charge in [-0.3, -0.25) is 4.79 Å². The van der Waals surface area contributed by atoms with Crippen LogP contribution in [0.4, 0.5) is 13.2 Å². The van der Waals surface area contributed by atoms with Crippen molar-refractivity contribution in [3.05, 3.63) is 58.0 Å². The van der Waals surface area contributed by atoms with Gasteiger partial charge < -0.3 is 15.2 Å². The third-order valence-electron chi connectivity index (χ3n) is 4.44. The number of halogens is 3. The molecule has 31 heavy (non-hydrogen) atoms. The van der Waals surface area contributed by atoms with Gasteiger partial charge in [-0.05, 0) is 66.6 Å². The molecule has 0 saturated heterocycles. The van der Waals surface area contributed by atoms with Gasteiger partial charge in [-0.15, -0.1) is 0 Å². The van der Waals surface area contributed by atoms with E-state index in [-0.39, 0.29) is 11.3 Å². The first kappa shape index (κ1) is 20.8. The van der Waals surface area contributed by atoms with Crippen molar-refractivity contribution >= 4 is 28.9 Å². The zero-order valence-corrected chi connectivity index (χ0v) is 16.5. The number of rotatable bonds is 4. The molecule has 10 heteroatoms. The highest BCUT2D eigenvalue weighted by Gasteiger charge is 2.35. The molecule has 6 nitrogen and oxygen atoms in total. The predicted octanol–water partition coefficient (Wildman–Crippen LogP) is 4.80. The van der Waals surface area contributed by atoms with Gasteiger partial charge >= 0.3 is 6.18 Å². The van der Waals surface area contributed by atoms with Crippen molar-refractivity contribution in [3.63, 3.8) is 0 Å². The molecule has 0 aromatic heterocycles. The van der Waals surface area contributed by atoms with Crippen molar-refractivity contribution < 1.29 is 27.8 Å². The first-order chi connectivity index (χ1) is 14.7. The van der Waals surface area contributed by atoms with Gasteiger partial charge in [0.15, 0.2) is 16.7 Å². The minimum atomic E-state index is -4.74. The van der Waals surface area contributed by atoms with E-state index < -0.39 is 29.1 Å². The van der Waals surface area contributed by atoms with Crippen LogP contribution in [0, 0.1) is 11.3 Å². The Kier molecular flexibility index (Phi) is 5.37. The molecule has 0 bridgehead atoms. The van der Waals surface area contributed by atoms with Gasteiger partial charge in [0.05, 0.1) is 22.1 Å². The Labute approximate surface area is 179 Å². The number of alkyl halides is 3. The van der Waals surface area contributed by atoms with Gasteiger partial charge in [-0.25, -0.2) is 0 Å². The van der Waals surface area contributed by atoms with E-state index in [0.717, 1.165) is 18.9 Å². The molecule has 1 aliphatic carbocycles. The standard InChI is InChI=1S/C21H14F3N3O3S/c22-21(23,24)14-7-12(10-25)2-5-16(14)30-17-6-1-11(8-15(17)28)9-18-19(29)27-20(31-18)26-13-3-4-13/h1-2,5-9,13,28H,3-4H2,(H,26,27,29)/b18-9-. The summed E-state index contributed by atoms with van der Waals surface area (Å²) < 4.78 is 45.2. The normalized spacial score (nSPS) is 17.4. The Bertz CT molecular complexity index is 1160. The second-order valence-corrected chi connectivity index (χ2v) is 7.93. The SMILES string of the molecule is N#Cc1ccc(Oc2ccc(/C=C3\SC(NC4CC4)=NC3=O)cc2O)c(C(F)(F)F)c1. The zero-order valence-electron chi connectivity index (χ0n) is 15.7. The van der Waals surface area contributed by atoms with Crippen molar-refractivity contribution in [2.75, 3.05) is 0 Å². The second-order valence-electron chi connectivity index (χ2n) is 6.90. The molecule has 0 atom stereocenters. The minimum Gasteiger partial charge on any atom is -0.504 e. The number of amidine groups is 1. The number of hydrogen-bond acceptors (Lipinski definition) is 6. The number of amides is 1. The number of aromatic hydroxyl groups is 1. The number of nitrogens with zero attached hydrogens (tertiary/aromatic N) is 2. The number of carbonyl (C=O) groups excluding carboxylic acids is 1. The van der Waals surface area contributed by atoms with Crippen LogP contribution in [0.25, 0.3) is 6.08 Å². The van der Waals surface area contributed by atoms with Crippen LogP contribution >= 0.6 is 11.8 Å². The Morgan fingerprint density at radius 2 is 1.97 bits per heavy atom. The summed E-state index contributed by atoms with van der Waals surface area (Å²) in [5.74, 6) is -1.55. The van der Waals surface area contributed by atoms with E-state index in [4.69, 9.17) is 10.00 Å². The summed E-state index contributed by atoms with van der Waals surface area (Å²) in [6.07, 6.45) is -1.13. The molecule has 1 saturated carbocycles. The van der Waals surface area contributed by atoms with Crippen LogP contribution < -0.4 is 10.1 Å². The van der Waals surface area contributed by atoms with Crippen LogP contribution in [-0.2, 0) is 11.0 Å². The maximum atomic E-state index is 13.3. The average Bonchev–Trinajstić information content (AvgIpc) is 3.46. The van der Waals surface area contributed by atoms with E-state index in [9.17, 15) is 23.1 Å². The predicted molar refractivity (Wildman–Crippen MR) is 109 cm³/mol. The second kappa shape index (κ2) is 8.00. The molecule has 1 heterocycles. The highest BCUT2D eigenvalue weighted by Crippen LogP contribution is 2.41. The summed E-state index contributed by atoms with van der Waals surface area (Å²) >= 11 is 1.19. The van der Waals surface area contributed by atoms with Gasteiger partial charge in [-0.1, -0.05) is 6.07 Å². The number of nitrogens with one attached hydrogen (secondary N) is 1. The largest absolute Gasteiger partial charge is 0.504 e. The molecule has 2 aromatic carbocycles. The monoisotopic (exact) mass is 445 g/mol. The lowest BCUT2D eigenvalue weighted by Gasteiger charge is -2.15. The van der Waals surface area contributed by atoms with E-state index in [1.807, 2.05) is 0 Å². The Morgan fingerprint density at radius 3 is 2.61 bits per heavy atom. The fourth-order valence-electron chi connectivity index (χ4n) is 2.76. The van der Waals surface area contributed by atoms with Crippen molar-refractivity contribution in [1.82, 2.24) is 5.32 Å². The number of aliphatic imine (C=N–C) groups is 1. The maximum Gasteiger partial charge on any atom is 0.420 e. The maximum absolute atomic E-state index is 13.3. The summed E-state index contributed by atoms with van der Waals surface area (Å²) in [4.78, 5) is 16.3. The highest BCUT2D eigenvalue weighted by atomic mass is 32.2. The fraction of sp³-hybridized carbons (Fsp3) is 0.190. The fourth-order valence-corrected chi connectivity index (χ4v) is 3.65. The number of nitriles is 1. The first-order valence-corrected chi connectivity index (χ1v) is 9.96. The van der Waals surface area contributed by atoms with Crippen molar-refractivity contribution in [3.8, 4) is 23.3 Å². The van der Waals surface area contributed by atoms with E-state index in [2.05, 4.69) is 10.3 Å². The molecule has 1 fully saturated rings. The Hall–Kier alpha value is -3.45. The summed E-state index contributed by atoms with van der Waals surface area (Å²) in [5.41, 5.74) is -0.834. The lowest BCUT2D eigenvalue weighted by Crippen LogP contribution is -2.20. The van der Waals surface area contributed by atoms with Gasteiger partial charge in [0, 0.05) is 6.04 Å². The van der Waals surface area contributed by atoms with Crippen molar-refractivity contribution in [2.45, 2.75) is 25.1 Å². The van der Waals surface area contributed by atoms with E-state index in [1.54, 1.807) is 6.07 Å². The quantitative estimate of drug-likeness (QED) is 0.657. The van der Waals surface area contributed by atoms with Crippen LogP contribution in [0.3, 0.4) is 0 Å². The topological polar surface area (TPSA) is 94.7 Å². The van der Waals surface area contributed by atoms with E-state index >= 15 is 0 Å². The third kappa shape index (κ3) is 4.83. The number of hydrogen-bond donors (Lipinski definition) is 2. The van der Waals surface area contributed by atoms with Gasteiger partial charge in [0.2, 0.25) is 0 Å². The van der Waals surface area contributed by atoms with Crippen LogP contribution in [0.15, 0.2) is 46.3 Å². The summed E-state index contributed by atoms with van der Waals surface area (Å²) in [6, 6.07) is 8.97. The highest BCUT2D eigenvalue weighted by molar-refractivity contribution is 8.18. The molecule has 0 unspecified atom stereocenters. The summed E-state index contributed by atoms with van der Waals surface area (Å²) in [5, 5.41) is 22.8. The first-order valence-electron chi connectivity index (χ1n) is 9.14. The van der Waals surface area contributed by atoms with Crippen molar-refractivity contribution in [1.29, 1.82) is 5.26 Å². The number of thioether (sulfide) groups is 1. The average molecular weight is 445 g/mol. The molecule has 0 radical (unpaired) electrons. The molecule has 4 rings (SSSR count). The van der Waals surface area contributed by atoms with Gasteiger partial charge in [-0.2, -0.15) is 23.4 Å². The number of benzene rings is 2. The number of phenols is 1. The smallest absolute Gasteiger partial charge is 0.420 e. The molecular formula is C21H14F3N3O3S. The van der Waals surface area contributed by atoms with E-state index in [0.29, 0.717) is 27.7 Å². The Morgan fingerprint density at radius 1 is 1.23 bits per heavy atom. The molecule has 158 valence electrons. The van der Waals surface area contributed by atoms with Crippen molar-refractivity contribution in [2.24, 2.45) is 4.99 Å². The van der Waals surface area contributed by atoms with E-state index in [1.165, 1.54) is 42.1 Å². The molecule has 1 amide bonds.